The van der Waals surface area contributed by atoms with Crippen molar-refractivity contribution >= 4 is 69.7 Å². The van der Waals surface area contributed by atoms with E-state index in [0.29, 0.717) is 72.6 Å². The minimum absolute atomic E-state index is 0.0188. The molecule has 4 amide bonds. The second-order valence-electron chi connectivity index (χ2n) is 17.0. The number of aryl methyl sites for hydroxylation is 1. The third-order valence-electron chi connectivity index (χ3n) is 13.7. The van der Waals surface area contributed by atoms with E-state index in [1.807, 2.05) is 23.1 Å². The highest BCUT2D eigenvalue weighted by Gasteiger charge is 2.72. The van der Waals surface area contributed by atoms with Gasteiger partial charge in [0.1, 0.15) is 17.3 Å². The second kappa shape index (κ2) is 16.2. The Morgan fingerprint density at radius 3 is 2.46 bits per heavy atom. The van der Waals surface area contributed by atoms with E-state index < -0.39 is 40.7 Å². The molecule has 10 nitrogen and oxygen atoms in total. The summed E-state index contributed by atoms with van der Waals surface area (Å²) in [5.74, 6) is -2.94. The van der Waals surface area contributed by atoms with E-state index >= 15 is 4.39 Å². The SMILES string of the molecule is C=C1c2cccc(CCCCC(=O)c3ccc(NC(=O)[C@@H]4NC5(CCCCC5)[C@@]5(C(=O)Nc6cc(Cl)ccc65)[C@H]4c4cccc(Cl)c4F)cc3)c2CN1C1CCC(=O)NC1=O. The van der Waals surface area contributed by atoms with Gasteiger partial charge in [-0.1, -0.05) is 85.4 Å². The third kappa shape index (κ3) is 6.95. The molecular formula is C48H46Cl2FN5O5. The van der Waals surface area contributed by atoms with Gasteiger partial charge in [0.25, 0.3) is 0 Å². The smallest absolute Gasteiger partial charge is 0.249 e. The van der Waals surface area contributed by atoms with Crippen LogP contribution >= 0.6 is 23.2 Å². The number of carbonyl (C=O) groups excluding carboxylic acids is 5. The van der Waals surface area contributed by atoms with Gasteiger partial charge in [-0.3, -0.25) is 34.6 Å². The molecule has 4 N–H and O–H groups in total. The van der Waals surface area contributed by atoms with Crippen molar-refractivity contribution in [2.45, 2.75) is 106 Å². The van der Waals surface area contributed by atoms with Crippen LogP contribution in [0.4, 0.5) is 15.8 Å². The number of imide groups is 1. The fourth-order valence-electron chi connectivity index (χ4n) is 10.9. The molecule has 2 saturated heterocycles. The molecule has 9 rings (SSSR count). The molecule has 4 heterocycles. The number of hydrogen-bond acceptors (Lipinski definition) is 7. The predicted octanol–water partition coefficient (Wildman–Crippen LogP) is 8.61. The number of anilines is 2. The van der Waals surface area contributed by atoms with Gasteiger partial charge in [-0.15, -0.1) is 0 Å². The van der Waals surface area contributed by atoms with Crippen LogP contribution in [0.25, 0.3) is 5.70 Å². The lowest BCUT2D eigenvalue weighted by Crippen LogP contribution is -2.60. The number of carbonyl (C=O) groups is 5. The van der Waals surface area contributed by atoms with Gasteiger partial charge in [0.05, 0.1) is 11.1 Å². The summed E-state index contributed by atoms with van der Waals surface area (Å²) in [7, 11) is 0. The van der Waals surface area contributed by atoms with Gasteiger partial charge < -0.3 is 15.5 Å². The Balaban J connectivity index is 0.889. The Kier molecular flexibility index (Phi) is 10.9. The maximum atomic E-state index is 16.3. The maximum Gasteiger partial charge on any atom is 0.249 e. The van der Waals surface area contributed by atoms with E-state index in [1.165, 1.54) is 6.07 Å². The maximum absolute atomic E-state index is 16.3. The molecule has 4 aromatic carbocycles. The summed E-state index contributed by atoms with van der Waals surface area (Å²) in [5.41, 5.74) is 4.24. The average Bonchev–Trinajstić information content (AvgIpc) is 3.84. The van der Waals surface area contributed by atoms with Crippen LogP contribution < -0.4 is 21.3 Å². The number of rotatable bonds is 10. The third-order valence-corrected chi connectivity index (χ3v) is 14.3. The number of piperidine rings is 1. The van der Waals surface area contributed by atoms with E-state index in [1.54, 1.807) is 48.5 Å². The first kappa shape index (κ1) is 41.0. The number of ketones is 1. The van der Waals surface area contributed by atoms with Gasteiger partial charge in [-0.25, -0.2) is 4.39 Å². The number of benzene rings is 4. The van der Waals surface area contributed by atoms with Gasteiger partial charge >= 0.3 is 0 Å². The highest BCUT2D eigenvalue weighted by atomic mass is 35.5. The molecule has 4 atom stereocenters. The highest BCUT2D eigenvalue weighted by molar-refractivity contribution is 6.31. The van der Waals surface area contributed by atoms with E-state index in [4.69, 9.17) is 23.2 Å². The van der Waals surface area contributed by atoms with Crippen LogP contribution in [0, 0.1) is 5.82 Å². The summed E-state index contributed by atoms with van der Waals surface area (Å²) in [6, 6.07) is 21.4. The van der Waals surface area contributed by atoms with Crippen molar-refractivity contribution in [1.29, 1.82) is 0 Å². The van der Waals surface area contributed by atoms with Crippen LogP contribution in [0.1, 0.15) is 108 Å². The van der Waals surface area contributed by atoms with Gasteiger partial charge in [-0.05, 0) is 103 Å². The van der Waals surface area contributed by atoms with Gasteiger partial charge in [0.15, 0.2) is 5.78 Å². The van der Waals surface area contributed by atoms with E-state index in [9.17, 15) is 24.0 Å². The molecule has 13 heteroatoms. The number of halogens is 3. The number of hydrogen-bond donors (Lipinski definition) is 4. The Labute approximate surface area is 363 Å². The summed E-state index contributed by atoms with van der Waals surface area (Å²) < 4.78 is 16.3. The Hall–Kier alpha value is -5.36. The number of unbranched alkanes of at least 4 members (excludes halogenated alkanes) is 1. The summed E-state index contributed by atoms with van der Waals surface area (Å²) in [6.45, 7) is 4.81. The first-order valence-corrected chi connectivity index (χ1v) is 21.8. The first-order chi connectivity index (χ1) is 29.4. The molecule has 0 radical (unpaired) electrons. The first-order valence-electron chi connectivity index (χ1n) is 21.1. The van der Waals surface area contributed by atoms with E-state index in [-0.39, 0.29) is 34.1 Å². The average molecular weight is 863 g/mol. The minimum Gasteiger partial charge on any atom is -0.355 e. The Bertz CT molecular complexity index is 2500. The van der Waals surface area contributed by atoms with Crippen LogP contribution in [0.2, 0.25) is 10.0 Å². The molecule has 314 valence electrons. The van der Waals surface area contributed by atoms with E-state index in [0.717, 1.165) is 54.5 Å². The van der Waals surface area contributed by atoms with Crippen molar-refractivity contribution in [3.63, 3.8) is 0 Å². The van der Waals surface area contributed by atoms with Crippen LogP contribution in [0.5, 0.6) is 0 Å². The topological polar surface area (TPSA) is 137 Å². The zero-order valence-electron chi connectivity index (χ0n) is 33.6. The number of nitrogens with one attached hydrogen (secondary N) is 4. The van der Waals surface area contributed by atoms with E-state index in [2.05, 4.69) is 33.9 Å². The summed E-state index contributed by atoms with van der Waals surface area (Å²) in [5, 5.41) is 12.5. The largest absolute Gasteiger partial charge is 0.355 e. The van der Waals surface area contributed by atoms with Gasteiger partial charge in [0, 0.05) is 64.1 Å². The molecular weight excluding hydrogens is 816 g/mol. The van der Waals surface area contributed by atoms with Crippen LogP contribution in [0.3, 0.4) is 0 Å². The second-order valence-corrected chi connectivity index (χ2v) is 17.9. The minimum atomic E-state index is -1.34. The zero-order valence-corrected chi connectivity index (χ0v) is 35.1. The van der Waals surface area contributed by atoms with Crippen LogP contribution in [-0.2, 0) is 37.6 Å². The molecule has 0 bridgehead atoms. The highest BCUT2D eigenvalue weighted by Crippen LogP contribution is 2.63. The van der Waals surface area contributed by atoms with Crippen molar-refractivity contribution in [3.05, 3.63) is 135 Å². The number of nitrogens with zero attached hydrogens (tertiary/aromatic N) is 1. The zero-order chi connectivity index (χ0) is 42.6. The number of fused-ring (bicyclic) bond motifs is 4. The van der Waals surface area contributed by atoms with Crippen molar-refractivity contribution in [3.8, 4) is 0 Å². The molecule has 61 heavy (non-hydrogen) atoms. The van der Waals surface area contributed by atoms with Crippen LogP contribution in [-0.4, -0.2) is 51.9 Å². The molecule has 2 spiro atoms. The molecule has 4 aromatic rings. The molecule has 1 unspecified atom stereocenters. The van der Waals surface area contributed by atoms with Crippen molar-refractivity contribution in [2.75, 3.05) is 10.6 Å². The van der Waals surface area contributed by atoms with Crippen molar-refractivity contribution in [1.82, 2.24) is 15.5 Å². The predicted molar refractivity (Wildman–Crippen MR) is 233 cm³/mol. The monoisotopic (exact) mass is 861 g/mol. The standard InChI is InChI=1S/C48H46Cl2FN5O5/c1-27-32-11-7-10-28(34(32)26-56(27)38-21-22-40(58)54-44(38)59)9-3-4-14-39(57)29-15-18-31(19-16-29)52-45(60)43-41(33-12-8-13-36(50)42(33)51)48(47(55-43)23-5-2-6-24-47)35-20-17-30(49)25-37(35)53-46(48)61/h7-8,10-13,15-20,25,38,41,43,55H,1-6,9,14,21-24,26H2,(H,52,60)(H,53,61)(H,54,58,59)/t38?,41-,43+,48+/m0/s1. The van der Waals surface area contributed by atoms with Gasteiger partial charge in [-0.2, -0.15) is 0 Å². The molecule has 1 aliphatic carbocycles. The number of Topliss-reactive ketones (excluding diaryl/α,β-unsaturated/α-hetero) is 1. The molecule has 0 aromatic heterocycles. The Morgan fingerprint density at radius 1 is 0.918 bits per heavy atom. The Morgan fingerprint density at radius 2 is 1.69 bits per heavy atom. The lowest BCUT2D eigenvalue weighted by atomic mass is 9.55. The fourth-order valence-corrected chi connectivity index (χ4v) is 11.3. The summed E-state index contributed by atoms with van der Waals surface area (Å²) >= 11 is 12.8. The summed E-state index contributed by atoms with van der Waals surface area (Å²) in [4.78, 5) is 68.9. The van der Waals surface area contributed by atoms with Gasteiger partial charge in [0.2, 0.25) is 23.6 Å². The molecule has 4 aliphatic heterocycles. The molecule has 5 aliphatic rings. The lowest BCUT2D eigenvalue weighted by molar-refractivity contribution is -0.136. The van der Waals surface area contributed by atoms with Crippen molar-refractivity contribution < 1.29 is 28.4 Å². The molecule has 1 saturated carbocycles. The quantitative estimate of drug-likeness (QED) is 0.0713. The fraction of sp³-hybridized carbons (Fsp3) is 0.354. The molecule has 3 fully saturated rings. The lowest BCUT2D eigenvalue weighted by Gasteiger charge is -2.47. The normalized spacial score (nSPS) is 23.9. The number of amides is 4. The summed E-state index contributed by atoms with van der Waals surface area (Å²) in [6.07, 6.45) is 7.15. The van der Waals surface area contributed by atoms with Crippen LogP contribution in [0.15, 0.2) is 85.4 Å². The van der Waals surface area contributed by atoms with Crippen molar-refractivity contribution in [2.24, 2.45) is 0 Å².